The van der Waals surface area contributed by atoms with E-state index in [0.29, 0.717) is 39.0 Å². The van der Waals surface area contributed by atoms with Crippen molar-refractivity contribution in [2.45, 2.75) is 44.7 Å². The molecule has 0 unspecified atom stereocenters. The van der Waals surface area contributed by atoms with Gasteiger partial charge in [0.25, 0.3) is 0 Å². The molecule has 4 rings (SSSR count). The van der Waals surface area contributed by atoms with E-state index >= 15 is 0 Å². The normalized spacial score (nSPS) is 17.7. The molecule has 0 radical (unpaired) electrons. The third kappa shape index (κ3) is 7.33. The van der Waals surface area contributed by atoms with Crippen molar-refractivity contribution in [3.63, 3.8) is 0 Å². The average Bonchev–Trinajstić information content (AvgIpc) is 3.37. The number of rotatable bonds is 11. The van der Waals surface area contributed by atoms with E-state index in [9.17, 15) is 14.7 Å². The fraction of sp³-hybridized carbons (Fsp3) is 0.344. The second-order valence-electron chi connectivity index (χ2n) is 10.1. The minimum absolute atomic E-state index is 0. The van der Waals surface area contributed by atoms with E-state index in [1.54, 1.807) is 36.4 Å². The van der Waals surface area contributed by atoms with E-state index in [1.165, 1.54) is 14.2 Å². The summed E-state index contributed by atoms with van der Waals surface area (Å²) in [7, 11) is 3.06. The molecule has 42 heavy (non-hydrogen) atoms. The molecule has 0 saturated carbocycles. The van der Waals surface area contributed by atoms with Gasteiger partial charge >= 0.3 is 5.97 Å². The Morgan fingerprint density at radius 1 is 1.07 bits per heavy atom. The molecule has 8 nitrogen and oxygen atoms in total. The van der Waals surface area contributed by atoms with Crippen molar-refractivity contribution in [2.75, 3.05) is 27.3 Å². The standard InChI is InChI=1S/C32H36ClN3O5.Ni/c1-5-36-17-9-16-32(36,2)31(39)35-25-14-13-23(33)19-24(25)30(21-10-7-6-8-11-21)34-26(20-29(37)38)22-12-15-27(40-3)28(18-22)41-4;/h6-8,10-15,18-19,26H,5,9,16-17,20H2,1-4H3,(H2,34,35,37,38,39);/p-1/t26-,32+;/m0./s1. The molecule has 0 aromatic heterocycles. The van der Waals surface area contributed by atoms with Gasteiger partial charge in [0, 0.05) is 27.1 Å². The van der Waals surface area contributed by atoms with Crippen LogP contribution in [0.2, 0.25) is 5.02 Å². The smallest absolute Gasteiger partial charge is 0.305 e. The fourth-order valence-corrected chi connectivity index (χ4v) is 5.48. The largest absolute Gasteiger partial charge is 0.625 e. The van der Waals surface area contributed by atoms with Crippen LogP contribution >= 0.6 is 11.6 Å². The summed E-state index contributed by atoms with van der Waals surface area (Å²) in [5.41, 5.74) is 2.11. The minimum Gasteiger partial charge on any atom is -0.625 e. The number of carbonyl (C=O) groups excluding carboxylic acids is 1. The molecule has 0 bridgehead atoms. The molecular formula is C32H35ClN3NiO5-. The van der Waals surface area contributed by atoms with E-state index in [2.05, 4.69) is 10.2 Å². The van der Waals surface area contributed by atoms with E-state index in [4.69, 9.17) is 26.1 Å². The minimum atomic E-state index is -1.01. The Bertz CT molecular complexity index is 1430. The monoisotopic (exact) mass is 634 g/mol. The zero-order chi connectivity index (χ0) is 29.6. The van der Waals surface area contributed by atoms with Crippen LogP contribution in [0.15, 0.2) is 71.7 Å². The summed E-state index contributed by atoms with van der Waals surface area (Å²) in [6.45, 7) is 5.59. The quantitative estimate of drug-likeness (QED) is 0.183. The number of carboxylic acids is 1. The number of hydrogen-bond donors (Lipinski definition) is 1. The molecule has 1 amide bonds. The van der Waals surface area contributed by atoms with Crippen LogP contribution in [0.25, 0.3) is 5.32 Å². The molecule has 0 spiro atoms. The molecule has 3 aromatic carbocycles. The Morgan fingerprint density at radius 3 is 2.43 bits per heavy atom. The van der Waals surface area contributed by atoms with Crippen LogP contribution in [-0.2, 0) is 26.1 Å². The summed E-state index contributed by atoms with van der Waals surface area (Å²) in [4.78, 5) is 32.8. The van der Waals surface area contributed by atoms with Crippen molar-refractivity contribution in [2.24, 2.45) is 4.99 Å². The van der Waals surface area contributed by atoms with E-state index in [1.807, 2.05) is 44.2 Å². The molecule has 226 valence electrons. The summed E-state index contributed by atoms with van der Waals surface area (Å²) >= 11 is 6.48. The van der Waals surface area contributed by atoms with Crippen LogP contribution in [0, 0.1) is 0 Å². The van der Waals surface area contributed by atoms with Gasteiger partial charge in [-0.05, 0) is 68.2 Å². The van der Waals surface area contributed by atoms with Crippen LogP contribution < -0.4 is 9.47 Å². The third-order valence-corrected chi connectivity index (χ3v) is 7.80. The van der Waals surface area contributed by atoms with Gasteiger partial charge in [0.15, 0.2) is 11.5 Å². The third-order valence-electron chi connectivity index (χ3n) is 7.56. The van der Waals surface area contributed by atoms with Gasteiger partial charge in [0.1, 0.15) is 0 Å². The van der Waals surface area contributed by atoms with Gasteiger partial charge in [0.05, 0.1) is 43.8 Å². The molecule has 2 atom stereocenters. The Balaban J connectivity index is 0.00000484. The Kier molecular flexibility index (Phi) is 11.6. The summed E-state index contributed by atoms with van der Waals surface area (Å²) in [5.74, 6) is -0.254. The number of aliphatic carboxylic acids is 1. The Hall–Kier alpha value is -3.39. The number of hydrogen-bond acceptors (Lipinski definition) is 6. The number of nitrogens with zero attached hydrogens (tertiary/aromatic N) is 3. The number of amides is 1. The molecule has 1 N–H and O–H groups in total. The van der Waals surface area contributed by atoms with Crippen molar-refractivity contribution in [1.82, 2.24) is 4.90 Å². The van der Waals surface area contributed by atoms with Crippen LogP contribution in [-0.4, -0.2) is 60.4 Å². The van der Waals surface area contributed by atoms with Crippen LogP contribution in [0.4, 0.5) is 5.69 Å². The predicted molar refractivity (Wildman–Crippen MR) is 161 cm³/mol. The van der Waals surface area contributed by atoms with E-state index in [-0.39, 0.29) is 28.8 Å². The predicted octanol–water partition coefficient (Wildman–Crippen LogP) is 6.81. The Labute approximate surface area is 262 Å². The van der Waals surface area contributed by atoms with Crippen LogP contribution in [0.5, 0.6) is 11.5 Å². The van der Waals surface area contributed by atoms with Gasteiger partial charge < -0.3 is 24.7 Å². The number of benzene rings is 3. The van der Waals surface area contributed by atoms with Crippen molar-refractivity contribution in [3.8, 4) is 11.5 Å². The van der Waals surface area contributed by atoms with Crippen molar-refractivity contribution < 1.29 is 40.7 Å². The molecule has 1 aliphatic rings. The van der Waals surface area contributed by atoms with Gasteiger partial charge in [-0.25, -0.2) is 0 Å². The molecule has 1 saturated heterocycles. The maximum atomic E-state index is 13.6. The number of likely N-dealkylation sites (N-methyl/N-ethyl adjacent to an activating group) is 1. The SMILES string of the molecule is CCN1CCC[C@]1(C)C(=O)[N-]c1ccc(Cl)cc1C(=N[C@@H](CC(=O)O)c1ccc(OC)c(OC)c1)c1ccccc1.[Ni]. The second-order valence-corrected chi connectivity index (χ2v) is 10.5. The molecule has 1 fully saturated rings. The summed E-state index contributed by atoms with van der Waals surface area (Å²) in [6, 6.07) is 19.0. The number of carboxylic acid groups (broad SMARTS) is 1. The molecule has 0 aliphatic carbocycles. The van der Waals surface area contributed by atoms with Gasteiger partial charge in [-0.3, -0.25) is 14.7 Å². The molecule has 10 heteroatoms. The summed E-state index contributed by atoms with van der Waals surface area (Å²) in [5, 5.41) is 14.9. The first-order valence-corrected chi connectivity index (χ1v) is 14.0. The number of likely N-dealkylation sites (tertiary alicyclic amines) is 1. The average molecular weight is 636 g/mol. The first-order chi connectivity index (χ1) is 19.7. The summed E-state index contributed by atoms with van der Waals surface area (Å²) < 4.78 is 10.8. The van der Waals surface area contributed by atoms with Crippen molar-refractivity contribution >= 4 is 34.9 Å². The van der Waals surface area contributed by atoms with Crippen LogP contribution in [0.1, 0.15) is 55.8 Å². The van der Waals surface area contributed by atoms with Gasteiger partial charge in [-0.1, -0.05) is 61.0 Å². The number of ether oxygens (including phenoxy) is 2. The van der Waals surface area contributed by atoms with Gasteiger partial charge in [0.2, 0.25) is 0 Å². The second kappa shape index (κ2) is 14.7. The van der Waals surface area contributed by atoms with E-state index < -0.39 is 17.6 Å². The maximum Gasteiger partial charge on any atom is 0.305 e. The number of aliphatic imine (C=N–C) groups is 1. The molecular weight excluding hydrogens is 601 g/mol. The zero-order valence-electron chi connectivity index (χ0n) is 24.1. The van der Waals surface area contributed by atoms with Crippen molar-refractivity contribution in [1.29, 1.82) is 0 Å². The molecule has 1 heterocycles. The fourth-order valence-electron chi connectivity index (χ4n) is 5.31. The zero-order valence-corrected chi connectivity index (χ0v) is 25.8. The Morgan fingerprint density at radius 2 is 1.79 bits per heavy atom. The molecule has 1 aliphatic heterocycles. The number of halogens is 1. The first-order valence-electron chi connectivity index (χ1n) is 13.6. The number of carbonyl (C=O) groups is 2. The van der Waals surface area contributed by atoms with E-state index in [0.717, 1.165) is 31.5 Å². The van der Waals surface area contributed by atoms with Crippen LogP contribution in [0.3, 0.4) is 0 Å². The van der Waals surface area contributed by atoms with Gasteiger partial charge in [-0.15, -0.1) is 5.69 Å². The van der Waals surface area contributed by atoms with Gasteiger partial charge in [-0.2, -0.15) is 0 Å². The maximum absolute atomic E-state index is 13.6. The molecule has 3 aromatic rings. The van der Waals surface area contributed by atoms with Crippen molar-refractivity contribution in [3.05, 3.63) is 93.8 Å². The number of methoxy groups -OCH3 is 2. The summed E-state index contributed by atoms with van der Waals surface area (Å²) in [6.07, 6.45) is 1.38. The topological polar surface area (TPSA) is 103 Å². The first kappa shape index (κ1) is 33.1.